The minimum Gasteiger partial charge on any atom is -0.347 e. The van der Waals surface area contributed by atoms with Gasteiger partial charge in [0.2, 0.25) is 0 Å². The van der Waals surface area contributed by atoms with Crippen LogP contribution < -0.4 is 5.32 Å². The van der Waals surface area contributed by atoms with Gasteiger partial charge in [-0.25, -0.2) is 0 Å². The highest BCUT2D eigenvalue weighted by molar-refractivity contribution is 5.96. The molecule has 2 aromatic rings. The molecule has 0 saturated carbocycles. The molecule has 0 bridgehead atoms. The number of rotatable bonds is 4. The Morgan fingerprint density at radius 2 is 1.67 bits per heavy atom. The van der Waals surface area contributed by atoms with Gasteiger partial charge in [-0.1, -0.05) is 29.8 Å². The third kappa shape index (κ3) is 5.70. The average molecular weight is 408 g/mol. The van der Waals surface area contributed by atoms with Crippen molar-refractivity contribution in [2.24, 2.45) is 0 Å². The molecule has 1 saturated heterocycles. The molecule has 2 amide bonds. The molecule has 5 nitrogen and oxygen atoms in total. The van der Waals surface area contributed by atoms with Crippen LogP contribution in [-0.4, -0.2) is 53.3 Å². The lowest BCUT2D eigenvalue weighted by Gasteiger charge is -2.35. The third-order valence-electron chi connectivity index (χ3n) is 5.36. The van der Waals surface area contributed by atoms with Crippen LogP contribution in [0.2, 0.25) is 0 Å². The van der Waals surface area contributed by atoms with Gasteiger partial charge in [0.25, 0.3) is 11.8 Å². The van der Waals surface area contributed by atoms with E-state index in [1.807, 2.05) is 69.9 Å². The second-order valence-corrected chi connectivity index (χ2v) is 9.29. The Hall–Kier alpha value is -2.66. The predicted molar refractivity (Wildman–Crippen MR) is 121 cm³/mol. The van der Waals surface area contributed by atoms with E-state index < -0.39 is 0 Å². The maximum absolute atomic E-state index is 12.9. The Labute approximate surface area is 180 Å². The van der Waals surface area contributed by atoms with Gasteiger partial charge in [-0.05, 0) is 63.9 Å². The monoisotopic (exact) mass is 407 g/mol. The summed E-state index contributed by atoms with van der Waals surface area (Å²) < 4.78 is 0. The second kappa shape index (κ2) is 9.00. The molecule has 1 heterocycles. The Morgan fingerprint density at radius 1 is 0.967 bits per heavy atom. The Bertz CT molecular complexity index is 922. The Morgan fingerprint density at radius 3 is 2.30 bits per heavy atom. The number of hydrogen-bond acceptors (Lipinski definition) is 3. The second-order valence-electron chi connectivity index (χ2n) is 9.29. The van der Waals surface area contributed by atoms with Gasteiger partial charge in [0.15, 0.2) is 0 Å². The number of hydrogen-bond donors (Lipinski definition) is 1. The molecule has 5 heteroatoms. The van der Waals surface area contributed by atoms with Crippen molar-refractivity contribution < 1.29 is 9.59 Å². The molecule has 160 valence electrons. The minimum atomic E-state index is -0.258. The van der Waals surface area contributed by atoms with E-state index in [0.29, 0.717) is 5.56 Å². The molecule has 2 aromatic carbocycles. The van der Waals surface area contributed by atoms with Gasteiger partial charge >= 0.3 is 0 Å². The standard InChI is InChI=1S/C25H33N3O2/c1-18-9-10-22(19(2)15-18)24(30)28-13-11-27(12-14-28)17-20-7-6-8-21(16-20)23(29)26-25(3,4)5/h6-10,15-16H,11-14,17H2,1-5H3,(H,26,29). The van der Waals surface area contributed by atoms with Gasteiger partial charge < -0.3 is 10.2 Å². The van der Waals surface area contributed by atoms with Gasteiger partial charge in [-0.2, -0.15) is 0 Å². The number of benzene rings is 2. The number of aryl methyl sites for hydroxylation is 2. The zero-order valence-electron chi connectivity index (χ0n) is 18.8. The number of amides is 2. The Kier molecular flexibility index (Phi) is 6.61. The van der Waals surface area contributed by atoms with E-state index in [9.17, 15) is 9.59 Å². The molecule has 1 aliphatic rings. The largest absolute Gasteiger partial charge is 0.347 e. The fraction of sp³-hybridized carbons (Fsp3) is 0.440. The highest BCUT2D eigenvalue weighted by Gasteiger charge is 2.23. The maximum Gasteiger partial charge on any atom is 0.254 e. The van der Waals surface area contributed by atoms with E-state index in [1.54, 1.807) is 0 Å². The lowest BCUT2D eigenvalue weighted by Crippen LogP contribution is -2.48. The number of carbonyl (C=O) groups is 2. The van der Waals surface area contributed by atoms with Crippen LogP contribution in [0.4, 0.5) is 0 Å². The highest BCUT2D eigenvalue weighted by atomic mass is 16.2. The zero-order chi connectivity index (χ0) is 21.9. The summed E-state index contributed by atoms with van der Waals surface area (Å²) in [5, 5.41) is 3.01. The van der Waals surface area contributed by atoms with Gasteiger partial charge in [-0.15, -0.1) is 0 Å². The molecule has 0 spiro atoms. The van der Waals surface area contributed by atoms with E-state index in [4.69, 9.17) is 0 Å². The summed E-state index contributed by atoms with van der Waals surface area (Å²) in [7, 11) is 0. The summed E-state index contributed by atoms with van der Waals surface area (Å²) in [5.74, 6) is 0.0706. The molecule has 0 radical (unpaired) electrons. The quantitative estimate of drug-likeness (QED) is 0.839. The summed E-state index contributed by atoms with van der Waals surface area (Å²) in [6, 6.07) is 13.8. The molecule has 0 aromatic heterocycles. The molecule has 0 aliphatic carbocycles. The van der Waals surface area contributed by atoms with Crippen molar-refractivity contribution >= 4 is 11.8 Å². The van der Waals surface area contributed by atoms with Crippen LogP contribution in [0.5, 0.6) is 0 Å². The van der Waals surface area contributed by atoms with Crippen LogP contribution in [0.1, 0.15) is 58.2 Å². The first-order chi connectivity index (χ1) is 14.1. The summed E-state index contributed by atoms with van der Waals surface area (Å²) in [6.07, 6.45) is 0. The lowest BCUT2D eigenvalue weighted by atomic mass is 10.0. The number of piperazine rings is 1. The summed E-state index contributed by atoms with van der Waals surface area (Å²) >= 11 is 0. The highest BCUT2D eigenvalue weighted by Crippen LogP contribution is 2.16. The fourth-order valence-corrected chi connectivity index (χ4v) is 3.81. The normalized spacial score (nSPS) is 15.2. The maximum atomic E-state index is 12.9. The van der Waals surface area contributed by atoms with Crippen LogP contribution in [0.3, 0.4) is 0 Å². The van der Waals surface area contributed by atoms with Crippen LogP contribution in [-0.2, 0) is 6.54 Å². The summed E-state index contributed by atoms with van der Waals surface area (Å²) in [5.41, 5.74) is 4.55. The molecule has 1 fully saturated rings. The van der Waals surface area contributed by atoms with Gasteiger partial charge in [0, 0.05) is 49.4 Å². The molecule has 0 unspecified atom stereocenters. The van der Waals surface area contributed by atoms with E-state index in [-0.39, 0.29) is 17.4 Å². The summed E-state index contributed by atoms with van der Waals surface area (Å²) in [4.78, 5) is 29.6. The van der Waals surface area contributed by atoms with Crippen molar-refractivity contribution in [1.29, 1.82) is 0 Å². The van der Waals surface area contributed by atoms with Crippen molar-refractivity contribution in [3.63, 3.8) is 0 Å². The van der Waals surface area contributed by atoms with E-state index in [0.717, 1.165) is 49.4 Å². The average Bonchev–Trinajstić information content (AvgIpc) is 2.67. The Balaban J connectivity index is 1.58. The van der Waals surface area contributed by atoms with Crippen molar-refractivity contribution in [1.82, 2.24) is 15.1 Å². The molecular weight excluding hydrogens is 374 g/mol. The molecule has 1 N–H and O–H groups in total. The van der Waals surface area contributed by atoms with Crippen LogP contribution in [0.25, 0.3) is 0 Å². The number of carbonyl (C=O) groups excluding carboxylic acids is 2. The first-order valence-electron chi connectivity index (χ1n) is 10.6. The summed E-state index contributed by atoms with van der Waals surface area (Å²) in [6.45, 7) is 13.9. The van der Waals surface area contributed by atoms with E-state index in [2.05, 4.69) is 22.3 Å². The van der Waals surface area contributed by atoms with Crippen LogP contribution >= 0.6 is 0 Å². The lowest BCUT2D eigenvalue weighted by molar-refractivity contribution is 0.0627. The third-order valence-corrected chi connectivity index (χ3v) is 5.36. The smallest absolute Gasteiger partial charge is 0.254 e. The molecule has 1 aliphatic heterocycles. The van der Waals surface area contributed by atoms with Gasteiger partial charge in [0.1, 0.15) is 0 Å². The molecule has 3 rings (SSSR count). The molecular formula is C25H33N3O2. The predicted octanol–water partition coefficient (Wildman–Crippen LogP) is 3.79. The number of nitrogens with zero attached hydrogens (tertiary/aromatic N) is 2. The zero-order valence-corrected chi connectivity index (χ0v) is 18.8. The van der Waals surface area contributed by atoms with Crippen molar-refractivity contribution in [2.75, 3.05) is 26.2 Å². The van der Waals surface area contributed by atoms with Crippen molar-refractivity contribution in [3.05, 3.63) is 70.3 Å². The first kappa shape index (κ1) is 22.0. The van der Waals surface area contributed by atoms with Gasteiger partial charge in [0.05, 0.1) is 0 Å². The fourth-order valence-electron chi connectivity index (χ4n) is 3.81. The van der Waals surface area contributed by atoms with Crippen molar-refractivity contribution in [3.8, 4) is 0 Å². The SMILES string of the molecule is Cc1ccc(C(=O)N2CCN(Cc3cccc(C(=O)NC(C)(C)C)c3)CC2)c(C)c1. The van der Waals surface area contributed by atoms with Gasteiger partial charge in [-0.3, -0.25) is 14.5 Å². The topological polar surface area (TPSA) is 52.7 Å². The van der Waals surface area contributed by atoms with E-state index in [1.165, 1.54) is 5.56 Å². The minimum absolute atomic E-state index is 0.0479. The number of nitrogens with one attached hydrogen (secondary N) is 1. The van der Waals surface area contributed by atoms with E-state index >= 15 is 0 Å². The molecule has 30 heavy (non-hydrogen) atoms. The van der Waals surface area contributed by atoms with Crippen LogP contribution in [0.15, 0.2) is 42.5 Å². The molecule has 0 atom stereocenters. The van der Waals surface area contributed by atoms with Crippen LogP contribution in [0, 0.1) is 13.8 Å². The van der Waals surface area contributed by atoms with Crippen molar-refractivity contribution in [2.45, 2.75) is 46.7 Å². The first-order valence-corrected chi connectivity index (χ1v) is 10.6.